The van der Waals surface area contributed by atoms with E-state index in [1.54, 1.807) is 12.1 Å². The normalized spacial score (nSPS) is 23.3. The minimum absolute atomic E-state index is 0.0261. The molecule has 3 aliphatic rings. The molecule has 29 heavy (non-hydrogen) atoms. The van der Waals surface area contributed by atoms with E-state index in [4.69, 9.17) is 19.0 Å². The molecule has 5 rings (SSSR count). The Morgan fingerprint density at radius 2 is 1.86 bits per heavy atom. The molecular formula is C22H21F2NO4. The van der Waals surface area contributed by atoms with Gasteiger partial charge in [-0.25, -0.2) is 0 Å². The Bertz CT molecular complexity index is 915. The second-order valence-electron chi connectivity index (χ2n) is 7.75. The maximum absolute atomic E-state index is 12.9. The quantitative estimate of drug-likeness (QED) is 0.756. The van der Waals surface area contributed by atoms with E-state index < -0.39 is 12.2 Å². The number of halogens is 2. The summed E-state index contributed by atoms with van der Waals surface area (Å²) in [5.41, 5.74) is 3.59. The molecule has 0 bridgehead atoms. The fourth-order valence-corrected chi connectivity index (χ4v) is 4.23. The highest BCUT2D eigenvalue weighted by molar-refractivity contribution is 6.02. The second-order valence-corrected chi connectivity index (χ2v) is 7.75. The Kier molecular flexibility index (Phi) is 4.62. The minimum atomic E-state index is -2.92. The molecule has 2 heterocycles. The maximum atomic E-state index is 12.9. The van der Waals surface area contributed by atoms with Crippen LogP contribution in [0.5, 0.6) is 11.5 Å². The van der Waals surface area contributed by atoms with Crippen molar-refractivity contribution in [2.75, 3.05) is 13.2 Å². The lowest BCUT2D eigenvalue weighted by atomic mass is 9.93. The second kappa shape index (κ2) is 7.30. The summed E-state index contributed by atoms with van der Waals surface area (Å²) in [6.07, 6.45) is 2.75. The van der Waals surface area contributed by atoms with Gasteiger partial charge in [0.05, 0.1) is 18.9 Å². The van der Waals surface area contributed by atoms with Crippen molar-refractivity contribution in [3.8, 4) is 11.5 Å². The summed E-state index contributed by atoms with van der Waals surface area (Å²) in [7, 11) is 0. The highest BCUT2D eigenvalue weighted by atomic mass is 19.3. The first-order valence-electron chi connectivity index (χ1n) is 9.76. The molecular weight excluding hydrogens is 380 g/mol. The largest absolute Gasteiger partial charge is 0.486 e. The van der Waals surface area contributed by atoms with Crippen LogP contribution in [0.1, 0.15) is 29.5 Å². The molecule has 2 aliphatic heterocycles. The van der Waals surface area contributed by atoms with Crippen LogP contribution in [0.25, 0.3) is 0 Å². The van der Waals surface area contributed by atoms with Crippen molar-refractivity contribution in [3.05, 3.63) is 59.2 Å². The van der Waals surface area contributed by atoms with Gasteiger partial charge in [0.25, 0.3) is 0 Å². The van der Waals surface area contributed by atoms with Crippen LogP contribution in [0.4, 0.5) is 8.78 Å². The molecule has 1 unspecified atom stereocenters. The predicted molar refractivity (Wildman–Crippen MR) is 102 cm³/mol. The third-order valence-corrected chi connectivity index (χ3v) is 5.71. The van der Waals surface area contributed by atoms with Crippen LogP contribution in [0.15, 0.2) is 47.6 Å². The molecule has 5 nitrogen and oxygen atoms in total. The Morgan fingerprint density at radius 1 is 1.07 bits per heavy atom. The minimum Gasteiger partial charge on any atom is -0.486 e. The molecule has 152 valence electrons. The van der Waals surface area contributed by atoms with E-state index in [1.807, 2.05) is 12.1 Å². The van der Waals surface area contributed by atoms with E-state index in [0.29, 0.717) is 25.4 Å². The SMILES string of the molecule is FC(F)Oc1ccc(C2=NOC3(CCOC3)C2)cc1OC1Cc2ccccc2C1. The molecule has 0 aromatic heterocycles. The van der Waals surface area contributed by atoms with Crippen LogP contribution >= 0.6 is 0 Å². The third-order valence-electron chi connectivity index (χ3n) is 5.71. The van der Waals surface area contributed by atoms with Gasteiger partial charge in [-0.3, -0.25) is 0 Å². The van der Waals surface area contributed by atoms with Crippen molar-refractivity contribution in [3.63, 3.8) is 0 Å². The van der Waals surface area contributed by atoms with E-state index in [-0.39, 0.29) is 11.9 Å². The van der Waals surface area contributed by atoms with Crippen molar-refractivity contribution < 1.29 is 27.8 Å². The van der Waals surface area contributed by atoms with Gasteiger partial charge in [0, 0.05) is 31.2 Å². The number of nitrogens with zero attached hydrogens (tertiary/aromatic N) is 1. The van der Waals surface area contributed by atoms with Crippen molar-refractivity contribution in [1.29, 1.82) is 0 Å². The van der Waals surface area contributed by atoms with E-state index in [2.05, 4.69) is 17.3 Å². The third kappa shape index (κ3) is 3.67. The van der Waals surface area contributed by atoms with Gasteiger partial charge in [0.2, 0.25) is 0 Å². The number of benzene rings is 2. The van der Waals surface area contributed by atoms with Gasteiger partial charge in [0.15, 0.2) is 17.1 Å². The topological polar surface area (TPSA) is 49.3 Å². The van der Waals surface area contributed by atoms with E-state index in [1.165, 1.54) is 17.2 Å². The average Bonchev–Trinajstić information content (AvgIpc) is 3.43. The van der Waals surface area contributed by atoms with Crippen molar-refractivity contribution in [2.24, 2.45) is 5.16 Å². The van der Waals surface area contributed by atoms with E-state index in [0.717, 1.165) is 30.5 Å². The first-order valence-corrected chi connectivity index (χ1v) is 9.76. The summed E-state index contributed by atoms with van der Waals surface area (Å²) in [6.45, 7) is -1.76. The van der Waals surface area contributed by atoms with Crippen LogP contribution in [-0.2, 0) is 22.4 Å². The van der Waals surface area contributed by atoms with Crippen LogP contribution in [0, 0.1) is 0 Å². The number of hydrogen-bond acceptors (Lipinski definition) is 5. The van der Waals surface area contributed by atoms with Gasteiger partial charge >= 0.3 is 6.61 Å². The highest BCUT2D eigenvalue weighted by Crippen LogP contribution is 2.37. The number of rotatable bonds is 5. The monoisotopic (exact) mass is 401 g/mol. The predicted octanol–water partition coefficient (Wildman–Crippen LogP) is 4.12. The Balaban J connectivity index is 1.38. The summed E-state index contributed by atoms with van der Waals surface area (Å²) in [4.78, 5) is 5.65. The number of ether oxygens (including phenoxy) is 3. The van der Waals surface area contributed by atoms with Crippen LogP contribution in [0.3, 0.4) is 0 Å². The smallest absolute Gasteiger partial charge is 0.387 e. The summed E-state index contributed by atoms with van der Waals surface area (Å²) >= 11 is 0. The molecule has 7 heteroatoms. The molecule has 0 amide bonds. The highest BCUT2D eigenvalue weighted by Gasteiger charge is 2.43. The Labute approximate surface area is 167 Å². The fourth-order valence-electron chi connectivity index (χ4n) is 4.23. The van der Waals surface area contributed by atoms with Crippen LogP contribution < -0.4 is 9.47 Å². The molecule has 1 atom stereocenters. The van der Waals surface area contributed by atoms with Gasteiger partial charge in [-0.1, -0.05) is 29.4 Å². The molecule has 1 fully saturated rings. The van der Waals surface area contributed by atoms with Crippen molar-refractivity contribution >= 4 is 5.71 Å². The zero-order chi connectivity index (χ0) is 19.8. The van der Waals surface area contributed by atoms with Gasteiger partial charge in [-0.05, 0) is 29.3 Å². The van der Waals surface area contributed by atoms with Gasteiger partial charge in [-0.2, -0.15) is 8.78 Å². The lowest BCUT2D eigenvalue weighted by molar-refractivity contribution is -0.0520. The molecule has 2 aromatic carbocycles. The van der Waals surface area contributed by atoms with Crippen molar-refractivity contribution in [2.45, 2.75) is 44.0 Å². The summed E-state index contributed by atoms with van der Waals surface area (Å²) < 4.78 is 42.1. The van der Waals surface area contributed by atoms with Gasteiger partial charge in [0.1, 0.15) is 6.10 Å². The maximum Gasteiger partial charge on any atom is 0.387 e. The lowest BCUT2D eigenvalue weighted by Gasteiger charge is -2.18. The fraction of sp³-hybridized carbons (Fsp3) is 0.409. The number of alkyl halides is 2. The van der Waals surface area contributed by atoms with E-state index in [9.17, 15) is 8.78 Å². The average molecular weight is 401 g/mol. The molecule has 1 saturated heterocycles. The molecule has 0 saturated carbocycles. The number of fused-ring (bicyclic) bond motifs is 1. The summed E-state index contributed by atoms with van der Waals surface area (Å²) in [5, 5.41) is 4.23. The zero-order valence-corrected chi connectivity index (χ0v) is 15.8. The Morgan fingerprint density at radius 3 is 2.55 bits per heavy atom. The first kappa shape index (κ1) is 18.4. The number of oxime groups is 1. The summed E-state index contributed by atoms with van der Waals surface area (Å²) in [6, 6.07) is 13.1. The van der Waals surface area contributed by atoms with Crippen molar-refractivity contribution in [1.82, 2.24) is 0 Å². The zero-order valence-electron chi connectivity index (χ0n) is 15.8. The first-order chi connectivity index (χ1) is 14.1. The van der Waals surface area contributed by atoms with Crippen LogP contribution in [-0.4, -0.2) is 37.2 Å². The molecule has 0 radical (unpaired) electrons. The van der Waals surface area contributed by atoms with Gasteiger partial charge in [-0.15, -0.1) is 0 Å². The van der Waals surface area contributed by atoms with E-state index >= 15 is 0 Å². The standard InChI is InChI=1S/C22H21F2NO4/c23-21(24)28-19-6-5-16(18-12-22(29-25-18)7-8-26-13-22)11-20(19)27-17-9-14-3-1-2-4-15(14)10-17/h1-6,11,17,21H,7-10,12-13H2. The molecule has 2 aromatic rings. The molecule has 0 N–H and O–H groups in total. The molecule has 1 aliphatic carbocycles. The number of hydrogen-bond donors (Lipinski definition) is 0. The van der Waals surface area contributed by atoms with Crippen LogP contribution in [0.2, 0.25) is 0 Å². The summed E-state index contributed by atoms with van der Waals surface area (Å²) in [5.74, 6) is 0.324. The van der Waals surface area contributed by atoms with Gasteiger partial charge < -0.3 is 19.0 Å². The Hall–Kier alpha value is -2.67. The lowest BCUT2D eigenvalue weighted by Crippen LogP contribution is -2.29. The molecule has 1 spiro atoms.